The summed E-state index contributed by atoms with van der Waals surface area (Å²) in [5, 5.41) is 1.10. The van der Waals surface area contributed by atoms with Crippen LogP contribution >= 0.6 is 11.9 Å². The van der Waals surface area contributed by atoms with Gasteiger partial charge in [0.05, 0.1) is 12.1 Å². The third kappa shape index (κ3) is 4.52. The van der Waals surface area contributed by atoms with E-state index >= 15 is 0 Å². The molecule has 160 valence electrons. The van der Waals surface area contributed by atoms with E-state index in [-0.39, 0.29) is 17.9 Å². The summed E-state index contributed by atoms with van der Waals surface area (Å²) in [6.45, 7) is 2.15. The van der Waals surface area contributed by atoms with Gasteiger partial charge in [0.25, 0.3) is 5.56 Å². The lowest BCUT2D eigenvalue weighted by Gasteiger charge is -2.14. The van der Waals surface area contributed by atoms with Gasteiger partial charge in [-0.1, -0.05) is 42.5 Å². The van der Waals surface area contributed by atoms with Crippen LogP contribution in [0.5, 0.6) is 0 Å². The van der Waals surface area contributed by atoms with E-state index in [1.54, 1.807) is 30.4 Å². The minimum Gasteiger partial charge on any atom is -0.307 e. The molecule has 32 heavy (non-hydrogen) atoms. The Kier molecular flexibility index (Phi) is 5.88. The van der Waals surface area contributed by atoms with Crippen LogP contribution in [0.3, 0.4) is 0 Å². The zero-order chi connectivity index (χ0) is 21.9. The second-order valence-corrected chi connectivity index (χ2v) is 9.14. The topological polar surface area (TPSA) is 55.2 Å². The predicted octanol–water partition coefficient (Wildman–Crippen LogP) is 5.05. The highest BCUT2D eigenvalue weighted by atomic mass is 32.2. The number of benzene rings is 2. The molecule has 0 spiro atoms. The average molecular weight is 442 g/mol. The predicted molar refractivity (Wildman–Crippen MR) is 129 cm³/mol. The number of aromatic nitrogens is 2. The largest absolute Gasteiger partial charge is 0.307 e. The highest BCUT2D eigenvalue weighted by Crippen LogP contribution is 2.26. The quantitative estimate of drug-likeness (QED) is 0.310. The van der Waals surface area contributed by atoms with Crippen molar-refractivity contribution in [3.63, 3.8) is 0 Å². The lowest BCUT2D eigenvalue weighted by atomic mass is 10.0. The minimum absolute atomic E-state index is 0.0342. The maximum atomic E-state index is 12.9. The lowest BCUT2D eigenvalue weighted by Crippen LogP contribution is -2.23. The van der Waals surface area contributed by atoms with Gasteiger partial charge < -0.3 is 4.57 Å². The van der Waals surface area contributed by atoms with Gasteiger partial charge >= 0.3 is 0 Å². The van der Waals surface area contributed by atoms with Crippen molar-refractivity contribution in [3.05, 3.63) is 95.0 Å². The SMILES string of the molecule is O=C(Cn1cc(SN2CCCC2)ccc1=O)c1ccc(-c2ccc3cccnc3c2)cc1. The van der Waals surface area contributed by atoms with Crippen LogP contribution in [0.15, 0.2) is 88.8 Å². The molecule has 1 saturated heterocycles. The monoisotopic (exact) mass is 441 g/mol. The first-order valence-corrected chi connectivity index (χ1v) is 11.5. The van der Waals surface area contributed by atoms with Gasteiger partial charge in [0.15, 0.2) is 5.78 Å². The van der Waals surface area contributed by atoms with Crippen molar-refractivity contribution in [2.75, 3.05) is 13.1 Å². The van der Waals surface area contributed by atoms with Crippen LogP contribution in [0, 0.1) is 0 Å². The van der Waals surface area contributed by atoms with Gasteiger partial charge in [-0.05, 0) is 54.1 Å². The zero-order valence-corrected chi connectivity index (χ0v) is 18.4. The molecule has 0 amide bonds. The summed E-state index contributed by atoms with van der Waals surface area (Å²) in [7, 11) is 0. The number of carbonyl (C=O) groups is 1. The molecule has 2 aromatic carbocycles. The average Bonchev–Trinajstić information content (AvgIpc) is 3.34. The summed E-state index contributed by atoms with van der Waals surface area (Å²) in [5.74, 6) is -0.0813. The Hall–Kier alpha value is -3.22. The fourth-order valence-corrected chi connectivity index (χ4v) is 5.00. The molecule has 1 aliphatic heterocycles. The Balaban J connectivity index is 1.32. The van der Waals surface area contributed by atoms with Gasteiger partial charge in [-0.2, -0.15) is 0 Å². The van der Waals surface area contributed by atoms with Gasteiger partial charge in [0, 0.05) is 47.4 Å². The first kappa shape index (κ1) is 20.7. The van der Waals surface area contributed by atoms with Gasteiger partial charge in [0.2, 0.25) is 0 Å². The summed E-state index contributed by atoms with van der Waals surface area (Å²) in [6, 6.07) is 21.0. The van der Waals surface area contributed by atoms with Gasteiger partial charge in [-0.3, -0.25) is 14.6 Å². The molecule has 0 atom stereocenters. The molecule has 5 rings (SSSR count). The van der Waals surface area contributed by atoms with Crippen LogP contribution in [-0.4, -0.2) is 32.7 Å². The van der Waals surface area contributed by atoms with Crippen molar-refractivity contribution in [2.45, 2.75) is 24.3 Å². The molecule has 0 unspecified atom stereocenters. The minimum atomic E-state index is -0.163. The van der Waals surface area contributed by atoms with E-state index < -0.39 is 0 Å². The molecule has 2 aromatic heterocycles. The molecule has 1 aliphatic rings. The van der Waals surface area contributed by atoms with Crippen LogP contribution in [0.2, 0.25) is 0 Å². The number of rotatable bonds is 6. The maximum Gasteiger partial charge on any atom is 0.251 e. The fraction of sp³-hybridized carbons (Fsp3) is 0.192. The molecule has 0 N–H and O–H groups in total. The highest BCUT2D eigenvalue weighted by Gasteiger charge is 2.14. The fourth-order valence-electron chi connectivity index (χ4n) is 3.96. The van der Waals surface area contributed by atoms with Gasteiger partial charge in [-0.25, -0.2) is 4.31 Å². The smallest absolute Gasteiger partial charge is 0.251 e. The maximum absolute atomic E-state index is 12.9. The summed E-state index contributed by atoms with van der Waals surface area (Å²) < 4.78 is 3.80. The summed E-state index contributed by atoms with van der Waals surface area (Å²) in [6.07, 6.45) is 5.99. The summed E-state index contributed by atoms with van der Waals surface area (Å²) in [5.41, 5.74) is 3.45. The van der Waals surface area contributed by atoms with E-state index in [0.29, 0.717) is 5.56 Å². The van der Waals surface area contributed by atoms with Crippen molar-refractivity contribution in [3.8, 4) is 11.1 Å². The normalized spacial score (nSPS) is 14.1. The molecule has 0 radical (unpaired) electrons. The summed E-state index contributed by atoms with van der Waals surface area (Å²) in [4.78, 5) is 30.6. The highest BCUT2D eigenvalue weighted by molar-refractivity contribution is 7.97. The summed E-state index contributed by atoms with van der Waals surface area (Å²) >= 11 is 1.65. The van der Waals surface area contributed by atoms with E-state index in [2.05, 4.69) is 27.5 Å². The molecule has 0 aliphatic carbocycles. The van der Waals surface area contributed by atoms with Crippen molar-refractivity contribution >= 4 is 28.6 Å². The number of pyridine rings is 2. The Morgan fingerprint density at radius 2 is 1.72 bits per heavy atom. The zero-order valence-electron chi connectivity index (χ0n) is 17.6. The van der Waals surface area contributed by atoms with Crippen LogP contribution in [0.25, 0.3) is 22.0 Å². The third-order valence-electron chi connectivity index (χ3n) is 5.72. The number of hydrogen-bond donors (Lipinski definition) is 0. The molecule has 0 saturated carbocycles. The van der Waals surface area contributed by atoms with Crippen molar-refractivity contribution in [1.29, 1.82) is 0 Å². The van der Waals surface area contributed by atoms with Crippen molar-refractivity contribution < 1.29 is 4.79 Å². The number of Topliss-reactive ketones (excluding diaryl/α,β-unsaturated/α-hetero) is 1. The van der Waals surface area contributed by atoms with Crippen molar-refractivity contribution in [1.82, 2.24) is 13.9 Å². The molecule has 1 fully saturated rings. The Morgan fingerprint density at radius 3 is 2.53 bits per heavy atom. The van der Waals surface area contributed by atoms with Crippen LogP contribution < -0.4 is 5.56 Å². The van der Waals surface area contributed by atoms with E-state index in [1.807, 2.05) is 42.5 Å². The van der Waals surface area contributed by atoms with Crippen LogP contribution in [0.1, 0.15) is 23.2 Å². The van der Waals surface area contributed by atoms with Crippen LogP contribution in [-0.2, 0) is 6.54 Å². The number of ketones is 1. The first-order valence-electron chi connectivity index (χ1n) is 10.8. The number of carbonyl (C=O) groups excluding carboxylic acids is 1. The molecule has 4 aromatic rings. The van der Waals surface area contributed by atoms with E-state index in [9.17, 15) is 9.59 Å². The second kappa shape index (κ2) is 9.10. The van der Waals surface area contributed by atoms with Gasteiger partial charge in [0.1, 0.15) is 0 Å². The van der Waals surface area contributed by atoms with Crippen LogP contribution in [0.4, 0.5) is 0 Å². The number of nitrogens with zero attached hydrogens (tertiary/aromatic N) is 3. The lowest BCUT2D eigenvalue weighted by molar-refractivity contribution is 0.0970. The Labute approximate surface area is 190 Å². The third-order valence-corrected chi connectivity index (χ3v) is 6.79. The molecular formula is C26H23N3O2S. The molecule has 6 heteroatoms. The standard InChI is InChI=1S/C26H23N3O2S/c30-25(18-28-17-23(11-12-26(28)31)32-29-14-1-2-15-29)21-8-5-19(6-9-21)22-10-7-20-4-3-13-27-24(20)16-22/h3-13,16-17H,1-2,14-15,18H2. The second-order valence-electron chi connectivity index (χ2n) is 7.97. The Morgan fingerprint density at radius 1 is 0.938 bits per heavy atom. The number of fused-ring (bicyclic) bond motifs is 1. The van der Waals surface area contributed by atoms with Gasteiger partial charge in [-0.15, -0.1) is 0 Å². The Bertz CT molecular complexity index is 1320. The van der Waals surface area contributed by atoms with Crippen molar-refractivity contribution in [2.24, 2.45) is 0 Å². The molecule has 3 heterocycles. The van der Waals surface area contributed by atoms with E-state index in [1.165, 1.54) is 17.4 Å². The molecule has 5 nitrogen and oxygen atoms in total. The molecular weight excluding hydrogens is 418 g/mol. The van der Waals surface area contributed by atoms with E-state index in [0.717, 1.165) is 40.0 Å². The molecule has 0 bridgehead atoms. The van der Waals surface area contributed by atoms with E-state index in [4.69, 9.17) is 0 Å². The number of hydrogen-bond acceptors (Lipinski definition) is 5. The first-order chi connectivity index (χ1) is 15.7.